The van der Waals surface area contributed by atoms with Gasteiger partial charge >= 0.3 is 25.0 Å². The number of carbonyl (C=O) groups is 1. The third-order valence-corrected chi connectivity index (χ3v) is 2.24. The molecule has 0 aromatic rings. The zero-order chi connectivity index (χ0) is 12.6. The second kappa shape index (κ2) is 5.36. The van der Waals surface area contributed by atoms with Crippen molar-refractivity contribution < 1.29 is 33.1 Å². The molecule has 0 N–H and O–H groups in total. The average Bonchev–Trinajstić information content (AvgIpc) is 2.37. The van der Waals surface area contributed by atoms with E-state index in [-0.39, 0.29) is 25.5 Å². The maximum absolute atomic E-state index is 11.9. The van der Waals surface area contributed by atoms with Gasteiger partial charge < -0.3 is 21.8 Å². The first-order valence-corrected chi connectivity index (χ1v) is 5.26. The molecule has 5 heteroatoms. The average molecular weight is 231 g/mol. The fraction of sp³-hybridized carbons (Fsp3) is 0.750. The molecule has 4 nitrogen and oxygen atoms in total. The van der Waals surface area contributed by atoms with E-state index >= 15 is 0 Å². The molecule has 0 saturated carbocycles. The van der Waals surface area contributed by atoms with E-state index in [1.54, 1.807) is 34.6 Å². The van der Waals surface area contributed by atoms with Gasteiger partial charge in [-0.05, 0) is 34.6 Å². The Hall–Kier alpha value is -0.613. The van der Waals surface area contributed by atoms with Gasteiger partial charge in [-0.2, -0.15) is 0 Å². The first-order chi connectivity index (χ1) is 7.17. The molecule has 0 aromatic heterocycles. The summed E-state index contributed by atoms with van der Waals surface area (Å²) in [5.74, 6) is 2.29. The topological polar surface area (TPSA) is 38.8 Å². The minimum atomic E-state index is -0.749. The Morgan fingerprint density at radius 3 is 2.47 bits per heavy atom. The summed E-state index contributed by atoms with van der Waals surface area (Å²) in [5, 5.41) is 0. The van der Waals surface area contributed by atoms with Gasteiger partial charge in [-0.3, -0.25) is 4.90 Å². The Morgan fingerprint density at radius 2 is 2.06 bits per heavy atom. The van der Waals surface area contributed by atoms with Crippen LogP contribution in [0.1, 0.15) is 34.6 Å². The van der Waals surface area contributed by atoms with E-state index in [2.05, 4.69) is 5.92 Å². The van der Waals surface area contributed by atoms with Gasteiger partial charge in [0.15, 0.2) is 0 Å². The monoisotopic (exact) mass is 231 g/mol. The molecule has 1 heterocycles. The molecule has 0 aromatic carbocycles. The van der Waals surface area contributed by atoms with Crippen LogP contribution in [0.5, 0.6) is 0 Å². The number of ether oxygens (including phenoxy) is 2. The van der Waals surface area contributed by atoms with Crippen LogP contribution in [0.2, 0.25) is 0 Å². The first-order valence-electron chi connectivity index (χ1n) is 5.26. The number of nitrogens with zero attached hydrogens (tertiary/aromatic N) is 1. The molecule has 1 rings (SSSR count). The fourth-order valence-corrected chi connectivity index (χ4v) is 1.57. The van der Waals surface area contributed by atoms with Gasteiger partial charge in [-0.15, -0.1) is 0 Å². The molecule has 1 fully saturated rings. The summed E-state index contributed by atoms with van der Waals surface area (Å²) >= 11 is 0. The van der Waals surface area contributed by atoms with E-state index in [0.29, 0.717) is 0 Å². The fourth-order valence-electron chi connectivity index (χ4n) is 1.57. The van der Waals surface area contributed by atoms with Crippen molar-refractivity contribution in [3.8, 4) is 5.92 Å². The third-order valence-electron chi connectivity index (χ3n) is 2.24. The summed E-state index contributed by atoms with van der Waals surface area (Å²) in [7, 11) is 0. The van der Waals surface area contributed by atoms with Crippen molar-refractivity contribution in [2.75, 3.05) is 6.61 Å². The molecule has 1 aliphatic rings. The molecular weight excluding hydrogens is 213 g/mol. The predicted octanol–water partition coefficient (Wildman–Crippen LogP) is -1.05. The zero-order valence-electron chi connectivity index (χ0n) is 11.5. The van der Waals surface area contributed by atoms with Crippen molar-refractivity contribution in [3.05, 3.63) is 6.42 Å². The Morgan fingerprint density at radius 1 is 1.53 bits per heavy atom. The molecule has 17 heavy (non-hydrogen) atoms. The van der Waals surface area contributed by atoms with Crippen LogP contribution in [0.4, 0.5) is 4.79 Å². The smallest absolute Gasteiger partial charge is 0.691 e. The molecule has 1 atom stereocenters. The number of carbonyl (C=O) groups excluding carboxylic acids is 1. The van der Waals surface area contributed by atoms with Gasteiger partial charge in [-0.25, -0.2) is 4.79 Å². The summed E-state index contributed by atoms with van der Waals surface area (Å²) < 4.78 is 10.7. The van der Waals surface area contributed by atoms with E-state index < -0.39 is 23.5 Å². The molecule has 1 amide bonds. The quantitative estimate of drug-likeness (QED) is 0.303. The van der Waals surface area contributed by atoms with Crippen LogP contribution in [0, 0.1) is 12.3 Å². The van der Waals surface area contributed by atoms with Crippen LogP contribution in [-0.2, 0) is 9.47 Å². The Balaban J connectivity index is 0.00000256. The predicted molar refractivity (Wildman–Crippen MR) is 59.0 cm³/mol. The molecule has 0 spiro atoms. The maximum Gasteiger partial charge on any atom is 1.00 e. The van der Waals surface area contributed by atoms with Crippen LogP contribution in [0.3, 0.4) is 0 Å². The molecule has 0 radical (unpaired) electrons. The van der Waals surface area contributed by atoms with Crippen LogP contribution in [0.15, 0.2) is 0 Å². The van der Waals surface area contributed by atoms with E-state index in [4.69, 9.17) is 15.9 Å². The van der Waals surface area contributed by atoms with E-state index in [9.17, 15) is 4.79 Å². The molecule has 0 aliphatic carbocycles. The van der Waals surface area contributed by atoms with Gasteiger partial charge in [0.25, 0.3) is 0 Å². The van der Waals surface area contributed by atoms with Crippen LogP contribution in [0.25, 0.3) is 0 Å². The molecule has 0 bridgehead atoms. The zero-order valence-corrected chi connectivity index (χ0v) is 11.5. The second-order valence-corrected chi connectivity index (χ2v) is 5.27. The van der Waals surface area contributed by atoms with Crippen molar-refractivity contribution in [3.63, 3.8) is 0 Å². The van der Waals surface area contributed by atoms with Crippen LogP contribution in [-0.4, -0.2) is 35.0 Å². The van der Waals surface area contributed by atoms with Crippen molar-refractivity contribution in [2.24, 2.45) is 0 Å². The molecular formula is C12H18LiNO3. The second-order valence-electron chi connectivity index (χ2n) is 5.27. The Kier molecular flexibility index (Phi) is 5.16. The maximum atomic E-state index is 11.9. The van der Waals surface area contributed by atoms with Gasteiger partial charge in [-0.1, -0.05) is 0 Å². The first kappa shape index (κ1) is 16.4. The standard InChI is InChI=1S/C12H18NO3.Li/c1-7-9-8-15-12(5,6)13(9)10(14)16-11(2,3)4;/h9H,8H2,2-6H3;/q-1;+1. The number of rotatable bonds is 0. The summed E-state index contributed by atoms with van der Waals surface area (Å²) in [5.41, 5.74) is -1.30. The Labute approximate surface area is 115 Å². The van der Waals surface area contributed by atoms with Crippen molar-refractivity contribution in [2.45, 2.75) is 52.0 Å². The third kappa shape index (κ3) is 3.96. The van der Waals surface area contributed by atoms with Crippen LogP contribution >= 0.6 is 0 Å². The van der Waals surface area contributed by atoms with E-state index in [1.807, 2.05) is 0 Å². The van der Waals surface area contributed by atoms with Crippen molar-refractivity contribution in [1.82, 2.24) is 4.90 Å². The van der Waals surface area contributed by atoms with E-state index in [1.165, 1.54) is 4.90 Å². The number of hydrogen-bond acceptors (Lipinski definition) is 3. The van der Waals surface area contributed by atoms with Gasteiger partial charge in [0.2, 0.25) is 0 Å². The summed E-state index contributed by atoms with van der Waals surface area (Å²) in [6.07, 6.45) is 6.68. The molecule has 1 aliphatic heterocycles. The molecule has 90 valence electrons. The van der Waals surface area contributed by atoms with Gasteiger partial charge in [0.05, 0.1) is 12.6 Å². The van der Waals surface area contributed by atoms with Crippen LogP contribution < -0.4 is 18.9 Å². The summed E-state index contributed by atoms with van der Waals surface area (Å²) in [4.78, 5) is 13.4. The molecule has 1 saturated heterocycles. The largest absolute Gasteiger partial charge is 1.00 e. The summed E-state index contributed by atoms with van der Waals surface area (Å²) in [6, 6.07) is -0.468. The summed E-state index contributed by atoms with van der Waals surface area (Å²) in [6.45, 7) is 9.24. The van der Waals surface area contributed by atoms with Gasteiger partial charge in [0.1, 0.15) is 11.3 Å². The van der Waals surface area contributed by atoms with Crippen molar-refractivity contribution >= 4 is 6.09 Å². The van der Waals surface area contributed by atoms with Gasteiger partial charge in [0, 0.05) is 0 Å². The normalized spacial score (nSPS) is 22.6. The Bertz CT molecular complexity index is 328. The number of amides is 1. The van der Waals surface area contributed by atoms with E-state index in [0.717, 1.165) is 0 Å². The SMILES string of the molecule is [C-]#CC1COC(C)(C)N1C(=O)OC(C)(C)C.[Li+]. The minimum Gasteiger partial charge on any atom is -0.691 e. The number of hydrogen-bond donors (Lipinski definition) is 0. The molecule has 1 unspecified atom stereocenters. The van der Waals surface area contributed by atoms with Crippen molar-refractivity contribution in [1.29, 1.82) is 0 Å². The minimum absolute atomic E-state index is 0.